The molecule has 0 saturated heterocycles. The van der Waals surface area contributed by atoms with Crippen LogP contribution in [-0.2, 0) is 9.84 Å². The fourth-order valence-corrected chi connectivity index (χ4v) is 6.13. The zero-order valence-corrected chi connectivity index (χ0v) is 22.9. The molecule has 1 fully saturated rings. The Kier molecular flexibility index (Phi) is 7.70. The molecular formula is C27H29Cl2N5O2S. The Balaban J connectivity index is 1.40. The summed E-state index contributed by atoms with van der Waals surface area (Å²) < 4.78 is 25.0. The molecule has 2 heterocycles. The molecule has 0 spiro atoms. The van der Waals surface area contributed by atoms with Crippen LogP contribution in [0.15, 0.2) is 54.9 Å². The zero-order valence-electron chi connectivity index (χ0n) is 20.6. The van der Waals surface area contributed by atoms with Crippen LogP contribution >= 0.6 is 23.2 Å². The van der Waals surface area contributed by atoms with Crippen LogP contribution < -0.4 is 5.32 Å². The molecule has 1 aliphatic rings. The molecule has 10 heteroatoms. The highest BCUT2D eigenvalue weighted by Crippen LogP contribution is 2.35. The van der Waals surface area contributed by atoms with Gasteiger partial charge in [-0.15, -0.1) is 0 Å². The number of rotatable bonds is 8. The fourth-order valence-electron chi connectivity index (χ4n) is 5.03. The number of nitrogens with one attached hydrogen (secondary N) is 1. The lowest BCUT2D eigenvalue weighted by atomic mass is 9.81. The molecule has 1 saturated carbocycles. The summed E-state index contributed by atoms with van der Waals surface area (Å²) in [6.45, 7) is 0.778. The first-order chi connectivity index (χ1) is 17.8. The van der Waals surface area contributed by atoms with E-state index < -0.39 is 9.84 Å². The first-order valence-corrected chi connectivity index (χ1v) is 15.3. The summed E-state index contributed by atoms with van der Waals surface area (Å²) in [4.78, 5) is 14.1. The van der Waals surface area contributed by atoms with Gasteiger partial charge in [0.2, 0.25) is 0 Å². The largest absolute Gasteiger partial charge is 0.368 e. The maximum atomic E-state index is 11.5. The number of halogens is 2. The molecule has 1 N–H and O–H groups in total. The van der Waals surface area contributed by atoms with Crippen LogP contribution in [0, 0.1) is 11.8 Å². The van der Waals surface area contributed by atoms with Crippen molar-refractivity contribution in [2.45, 2.75) is 32.1 Å². The van der Waals surface area contributed by atoms with Crippen LogP contribution in [0.1, 0.15) is 32.1 Å². The minimum absolute atomic E-state index is 0.281. The first-order valence-electron chi connectivity index (χ1n) is 12.4. The number of benzene rings is 2. The standard InChI is InChI=1S/C27H29Cl2N5O2S/c1-37(35,36)15-14-18-6-8-19(9-7-18)16-30-25-24-27(32-17-31-25)34(21-12-10-20(28)11-13-21)26(33-24)22-4-2-3-5-23(22)29/h2-5,10-13,17-19H,6-9,14-16H2,1H3,(H,30,31,32). The van der Waals surface area contributed by atoms with E-state index in [9.17, 15) is 8.42 Å². The van der Waals surface area contributed by atoms with Gasteiger partial charge in [0, 0.05) is 29.1 Å². The van der Waals surface area contributed by atoms with Crippen molar-refractivity contribution in [3.63, 3.8) is 0 Å². The molecule has 37 heavy (non-hydrogen) atoms. The Morgan fingerprint density at radius 2 is 1.68 bits per heavy atom. The molecule has 2 aromatic heterocycles. The van der Waals surface area contributed by atoms with Crippen molar-refractivity contribution in [2.24, 2.45) is 11.8 Å². The van der Waals surface area contributed by atoms with Gasteiger partial charge < -0.3 is 5.32 Å². The van der Waals surface area contributed by atoms with Crippen LogP contribution in [-0.4, -0.2) is 46.5 Å². The van der Waals surface area contributed by atoms with E-state index >= 15 is 0 Å². The predicted octanol–water partition coefficient (Wildman–Crippen LogP) is 6.44. The first kappa shape index (κ1) is 25.9. The van der Waals surface area contributed by atoms with Crippen LogP contribution in [0.3, 0.4) is 0 Å². The fraction of sp³-hybridized carbons (Fsp3) is 0.370. The van der Waals surface area contributed by atoms with Gasteiger partial charge in [-0.05, 0) is 67.5 Å². The number of hydrogen-bond donors (Lipinski definition) is 1. The quantitative estimate of drug-likeness (QED) is 0.268. The average molecular weight is 559 g/mol. The van der Waals surface area contributed by atoms with Crippen LogP contribution in [0.25, 0.3) is 28.2 Å². The van der Waals surface area contributed by atoms with Crippen molar-refractivity contribution in [3.05, 3.63) is 64.9 Å². The number of fused-ring (bicyclic) bond motifs is 1. The summed E-state index contributed by atoms with van der Waals surface area (Å²) in [5.74, 6) is 2.64. The van der Waals surface area contributed by atoms with Gasteiger partial charge in [0.25, 0.3) is 0 Å². The minimum atomic E-state index is -2.90. The van der Waals surface area contributed by atoms with Gasteiger partial charge >= 0.3 is 0 Å². The monoisotopic (exact) mass is 557 g/mol. The second-order valence-electron chi connectivity index (χ2n) is 9.81. The average Bonchev–Trinajstić information content (AvgIpc) is 3.27. The Bertz CT molecular complexity index is 1500. The molecule has 7 nitrogen and oxygen atoms in total. The molecule has 0 bridgehead atoms. The zero-order chi connectivity index (χ0) is 26.0. The Morgan fingerprint density at radius 1 is 0.973 bits per heavy atom. The van der Waals surface area contributed by atoms with Gasteiger partial charge in [-0.2, -0.15) is 0 Å². The SMILES string of the molecule is CS(=O)(=O)CCC1CCC(CNc2ncnc3c2nc(-c2ccccc2Cl)n3-c2ccc(Cl)cc2)CC1. The summed E-state index contributed by atoms with van der Waals surface area (Å²) in [5, 5.41) is 4.77. The highest BCUT2D eigenvalue weighted by Gasteiger charge is 2.24. The third-order valence-electron chi connectivity index (χ3n) is 7.07. The molecule has 2 aromatic carbocycles. The number of sulfone groups is 1. The van der Waals surface area contributed by atoms with E-state index in [1.165, 1.54) is 6.26 Å². The second kappa shape index (κ2) is 11.0. The molecule has 5 rings (SSSR count). The van der Waals surface area contributed by atoms with Crippen molar-refractivity contribution < 1.29 is 8.42 Å². The molecule has 0 atom stereocenters. The van der Waals surface area contributed by atoms with Crippen molar-refractivity contribution in [2.75, 3.05) is 23.9 Å². The lowest BCUT2D eigenvalue weighted by Gasteiger charge is -2.28. The van der Waals surface area contributed by atoms with E-state index in [1.54, 1.807) is 6.33 Å². The van der Waals surface area contributed by atoms with E-state index in [2.05, 4.69) is 15.3 Å². The van der Waals surface area contributed by atoms with E-state index in [1.807, 2.05) is 53.1 Å². The molecular weight excluding hydrogens is 529 g/mol. The molecule has 0 radical (unpaired) electrons. The normalized spacial score (nSPS) is 18.2. The topological polar surface area (TPSA) is 89.8 Å². The van der Waals surface area contributed by atoms with Gasteiger partial charge in [0.1, 0.15) is 22.0 Å². The predicted molar refractivity (Wildman–Crippen MR) is 150 cm³/mol. The van der Waals surface area contributed by atoms with E-state index in [-0.39, 0.29) is 5.75 Å². The third kappa shape index (κ3) is 6.08. The Morgan fingerprint density at radius 3 is 2.38 bits per heavy atom. The molecule has 4 aromatic rings. The summed E-state index contributed by atoms with van der Waals surface area (Å²) in [6.07, 6.45) is 7.89. The highest BCUT2D eigenvalue weighted by atomic mass is 35.5. The van der Waals surface area contributed by atoms with Gasteiger partial charge in [-0.1, -0.05) is 48.2 Å². The lowest BCUT2D eigenvalue weighted by Crippen LogP contribution is -2.23. The van der Waals surface area contributed by atoms with E-state index in [4.69, 9.17) is 28.2 Å². The number of anilines is 1. The summed E-state index contributed by atoms with van der Waals surface area (Å²) in [7, 11) is -2.90. The molecule has 1 aliphatic carbocycles. The van der Waals surface area contributed by atoms with Gasteiger partial charge in [0.05, 0.1) is 10.8 Å². The molecule has 0 amide bonds. The van der Waals surface area contributed by atoms with E-state index in [0.717, 1.165) is 49.9 Å². The molecule has 0 unspecified atom stereocenters. The third-order valence-corrected chi connectivity index (χ3v) is 8.62. The van der Waals surface area contributed by atoms with E-state index in [0.29, 0.717) is 44.7 Å². The molecule has 0 aliphatic heterocycles. The van der Waals surface area contributed by atoms with Crippen LogP contribution in [0.5, 0.6) is 0 Å². The Hall–Kier alpha value is -2.68. The van der Waals surface area contributed by atoms with Crippen molar-refractivity contribution in [1.29, 1.82) is 0 Å². The van der Waals surface area contributed by atoms with Crippen molar-refractivity contribution >= 4 is 50.0 Å². The number of imidazole rings is 1. The Labute approximate surface area is 227 Å². The second-order valence-corrected chi connectivity index (χ2v) is 12.9. The number of nitrogens with zero attached hydrogens (tertiary/aromatic N) is 4. The van der Waals surface area contributed by atoms with Crippen LogP contribution in [0.2, 0.25) is 10.0 Å². The minimum Gasteiger partial charge on any atom is -0.368 e. The maximum Gasteiger partial charge on any atom is 0.170 e. The highest BCUT2D eigenvalue weighted by molar-refractivity contribution is 7.90. The van der Waals surface area contributed by atoms with Crippen LogP contribution in [0.4, 0.5) is 5.82 Å². The van der Waals surface area contributed by atoms with Gasteiger partial charge in [-0.3, -0.25) is 4.57 Å². The summed E-state index contributed by atoms with van der Waals surface area (Å²) in [6, 6.07) is 15.2. The lowest BCUT2D eigenvalue weighted by molar-refractivity contribution is 0.278. The maximum absolute atomic E-state index is 11.5. The van der Waals surface area contributed by atoms with Gasteiger partial charge in [-0.25, -0.2) is 23.4 Å². The number of aromatic nitrogens is 4. The van der Waals surface area contributed by atoms with Gasteiger partial charge in [0.15, 0.2) is 17.0 Å². The van der Waals surface area contributed by atoms with Crippen molar-refractivity contribution in [3.8, 4) is 17.1 Å². The summed E-state index contributed by atoms with van der Waals surface area (Å²) >= 11 is 12.7. The summed E-state index contributed by atoms with van der Waals surface area (Å²) in [5.41, 5.74) is 3.03. The smallest absolute Gasteiger partial charge is 0.170 e. The number of hydrogen-bond acceptors (Lipinski definition) is 6. The molecule has 194 valence electrons. The van der Waals surface area contributed by atoms with Crippen molar-refractivity contribution in [1.82, 2.24) is 19.5 Å².